The molecule has 0 atom stereocenters. The van der Waals surface area contributed by atoms with Crippen LogP contribution in [0.3, 0.4) is 0 Å². The monoisotopic (exact) mass is 205 g/mol. The number of pyridine rings is 1. The Kier molecular flexibility index (Phi) is 2.37. The van der Waals surface area contributed by atoms with Crippen molar-refractivity contribution in [3.05, 3.63) is 24.3 Å². The maximum Gasteiger partial charge on any atom is 0.303 e. The van der Waals surface area contributed by atoms with Crippen molar-refractivity contribution in [3.8, 4) is 0 Å². The number of nitrogens with zero attached hydrogens (tertiary/aromatic N) is 3. The van der Waals surface area contributed by atoms with Crippen LogP contribution in [-0.2, 0) is 18.3 Å². The Morgan fingerprint density at radius 1 is 1.60 bits per heavy atom. The molecule has 2 heterocycles. The van der Waals surface area contributed by atoms with Crippen LogP contribution in [-0.4, -0.2) is 25.6 Å². The third-order valence-electron chi connectivity index (χ3n) is 2.34. The molecule has 78 valence electrons. The Bertz CT molecular complexity index is 504. The van der Waals surface area contributed by atoms with E-state index in [2.05, 4.69) is 9.97 Å². The molecule has 1 N–H and O–H groups in total. The lowest BCUT2D eigenvalue weighted by Crippen LogP contribution is -2.03. The van der Waals surface area contributed by atoms with Gasteiger partial charge in [-0.25, -0.2) is 4.98 Å². The van der Waals surface area contributed by atoms with Crippen molar-refractivity contribution < 1.29 is 9.90 Å². The summed E-state index contributed by atoms with van der Waals surface area (Å²) in [5.74, 6) is -0.0272. The number of fused-ring (bicyclic) bond motifs is 1. The molecule has 2 aromatic heterocycles. The predicted molar refractivity (Wildman–Crippen MR) is 54.5 cm³/mol. The SMILES string of the molecule is Cn1c(CCC(=O)O)nc2ccncc21. The van der Waals surface area contributed by atoms with Gasteiger partial charge in [-0.2, -0.15) is 0 Å². The lowest BCUT2D eigenvalue weighted by Gasteiger charge is -1.99. The molecule has 2 rings (SSSR count). The van der Waals surface area contributed by atoms with Gasteiger partial charge in [0.05, 0.1) is 23.7 Å². The van der Waals surface area contributed by atoms with Gasteiger partial charge in [-0.15, -0.1) is 0 Å². The van der Waals surface area contributed by atoms with Crippen molar-refractivity contribution in [2.75, 3.05) is 0 Å². The summed E-state index contributed by atoms with van der Waals surface area (Å²) in [6.07, 6.45) is 3.95. The van der Waals surface area contributed by atoms with Gasteiger partial charge >= 0.3 is 5.97 Å². The second kappa shape index (κ2) is 3.68. The highest BCUT2D eigenvalue weighted by molar-refractivity contribution is 5.74. The van der Waals surface area contributed by atoms with Crippen LogP contribution in [0.25, 0.3) is 11.0 Å². The van der Waals surface area contributed by atoms with Gasteiger partial charge in [0.15, 0.2) is 0 Å². The molecule has 0 spiro atoms. The molecule has 0 saturated heterocycles. The fourth-order valence-corrected chi connectivity index (χ4v) is 1.53. The zero-order chi connectivity index (χ0) is 10.8. The summed E-state index contributed by atoms with van der Waals surface area (Å²) in [7, 11) is 1.87. The molecular weight excluding hydrogens is 194 g/mol. The van der Waals surface area contributed by atoms with Crippen LogP contribution >= 0.6 is 0 Å². The summed E-state index contributed by atoms with van der Waals surface area (Å²) in [4.78, 5) is 18.8. The standard InChI is InChI=1S/C10H11N3O2/c1-13-8-6-11-5-4-7(8)12-9(13)2-3-10(14)15/h4-6H,2-3H2,1H3,(H,14,15). The molecule has 2 aromatic rings. The molecule has 5 heteroatoms. The number of imidazole rings is 1. The van der Waals surface area contributed by atoms with Crippen LogP contribution in [0.2, 0.25) is 0 Å². The lowest BCUT2D eigenvalue weighted by atomic mass is 10.3. The van der Waals surface area contributed by atoms with Crippen molar-refractivity contribution in [1.82, 2.24) is 14.5 Å². The Hall–Kier alpha value is -1.91. The van der Waals surface area contributed by atoms with E-state index in [9.17, 15) is 4.79 Å². The first kappa shape index (κ1) is 9.64. The van der Waals surface area contributed by atoms with Crippen molar-refractivity contribution in [2.45, 2.75) is 12.8 Å². The van der Waals surface area contributed by atoms with Crippen molar-refractivity contribution >= 4 is 17.0 Å². The molecule has 15 heavy (non-hydrogen) atoms. The van der Waals surface area contributed by atoms with Gasteiger partial charge < -0.3 is 9.67 Å². The number of rotatable bonds is 3. The van der Waals surface area contributed by atoms with E-state index in [0.29, 0.717) is 6.42 Å². The van der Waals surface area contributed by atoms with E-state index in [1.165, 1.54) is 0 Å². The van der Waals surface area contributed by atoms with Gasteiger partial charge in [0.1, 0.15) is 5.82 Å². The molecule has 0 amide bonds. The summed E-state index contributed by atoms with van der Waals surface area (Å²) in [6.45, 7) is 0. The highest BCUT2D eigenvalue weighted by Gasteiger charge is 2.08. The minimum atomic E-state index is -0.805. The van der Waals surface area contributed by atoms with E-state index in [0.717, 1.165) is 16.9 Å². The van der Waals surface area contributed by atoms with Gasteiger partial charge in [-0.1, -0.05) is 0 Å². The summed E-state index contributed by atoms with van der Waals surface area (Å²) in [5, 5.41) is 8.59. The zero-order valence-electron chi connectivity index (χ0n) is 8.34. The van der Waals surface area contributed by atoms with Crippen LogP contribution in [0.1, 0.15) is 12.2 Å². The van der Waals surface area contributed by atoms with Gasteiger partial charge in [-0.3, -0.25) is 9.78 Å². The summed E-state index contributed by atoms with van der Waals surface area (Å²) >= 11 is 0. The molecule has 0 fully saturated rings. The topological polar surface area (TPSA) is 68.0 Å². The minimum Gasteiger partial charge on any atom is -0.481 e. The first-order valence-corrected chi connectivity index (χ1v) is 4.65. The van der Waals surface area contributed by atoms with E-state index in [1.54, 1.807) is 12.4 Å². The summed E-state index contributed by atoms with van der Waals surface area (Å²) in [6, 6.07) is 1.82. The van der Waals surface area contributed by atoms with Crippen LogP contribution in [0.5, 0.6) is 0 Å². The van der Waals surface area contributed by atoms with Gasteiger partial charge in [0.25, 0.3) is 0 Å². The van der Waals surface area contributed by atoms with Crippen molar-refractivity contribution in [2.24, 2.45) is 7.05 Å². The predicted octanol–water partition coefficient (Wildman–Crippen LogP) is 0.986. The molecular formula is C10H11N3O2. The molecule has 0 saturated carbocycles. The van der Waals surface area contributed by atoms with Crippen molar-refractivity contribution in [3.63, 3.8) is 0 Å². The minimum absolute atomic E-state index is 0.102. The van der Waals surface area contributed by atoms with Gasteiger partial charge in [0.2, 0.25) is 0 Å². The maximum atomic E-state index is 10.4. The van der Waals surface area contributed by atoms with Crippen molar-refractivity contribution in [1.29, 1.82) is 0 Å². The van der Waals surface area contributed by atoms with Crippen LogP contribution in [0, 0.1) is 0 Å². The number of carboxylic acids is 1. The number of hydrogen-bond donors (Lipinski definition) is 1. The smallest absolute Gasteiger partial charge is 0.303 e. The second-order valence-corrected chi connectivity index (χ2v) is 3.35. The highest BCUT2D eigenvalue weighted by Crippen LogP contribution is 2.13. The number of hydrogen-bond acceptors (Lipinski definition) is 3. The Balaban J connectivity index is 2.36. The van der Waals surface area contributed by atoms with Gasteiger partial charge in [0, 0.05) is 19.7 Å². The van der Waals surface area contributed by atoms with Crippen LogP contribution < -0.4 is 0 Å². The molecule has 5 nitrogen and oxygen atoms in total. The third kappa shape index (κ3) is 1.81. The van der Waals surface area contributed by atoms with E-state index in [1.807, 2.05) is 17.7 Å². The number of aromatic nitrogens is 3. The quantitative estimate of drug-likeness (QED) is 0.811. The first-order valence-electron chi connectivity index (χ1n) is 4.65. The number of aryl methyl sites for hydroxylation is 2. The summed E-state index contributed by atoms with van der Waals surface area (Å²) < 4.78 is 1.88. The van der Waals surface area contributed by atoms with Crippen LogP contribution in [0.15, 0.2) is 18.5 Å². The highest BCUT2D eigenvalue weighted by atomic mass is 16.4. The Morgan fingerprint density at radius 2 is 2.40 bits per heavy atom. The van der Waals surface area contributed by atoms with E-state index < -0.39 is 5.97 Å². The average molecular weight is 205 g/mol. The van der Waals surface area contributed by atoms with E-state index >= 15 is 0 Å². The Labute approximate surface area is 86.4 Å². The number of aliphatic carboxylic acids is 1. The molecule has 0 aliphatic carbocycles. The van der Waals surface area contributed by atoms with Gasteiger partial charge in [-0.05, 0) is 6.07 Å². The van der Waals surface area contributed by atoms with Crippen LogP contribution in [0.4, 0.5) is 0 Å². The van der Waals surface area contributed by atoms with E-state index in [-0.39, 0.29) is 6.42 Å². The maximum absolute atomic E-state index is 10.4. The molecule has 0 aliphatic rings. The number of carbonyl (C=O) groups is 1. The molecule has 0 aliphatic heterocycles. The zero-order valence-corrected chi connectivity index (χ0v) is 8.34. The second-order valence-electron chi connectivity index (χ2n) is 3.35. The van der Waals surface area contributed by atoms with E-state index in [4.69, 9.17) is 5.11 Å². The molecule has 0 bridgehead atoms. The largest absolute Gasteiger partial charge is 0.481 e. The molecule has 0 aromatic carbocycles. The molecule has 0 unspecified atom stereocenters. The summed E-state index contributed by atoms with van der Waals surface area (Å²) in [5.41, 5.74) is 1.78. The number of carboxylic acid groups (broad SMARTS) is 1. The molecule has 0 radical (unpaired) electrons. The normalized spacial score (nSPS) is 10.7. The fraction of sp³-hybridized carbons (Fsp3) is 0.300. The lowest BCUT2D eigenvalue weighted by molar-refractivity contribution is -0.137. The average Bonchev–Trinajstić information content (AvgIpc) is 2.54. The fourth-order valence-electron chi connectivity index (χ4n) is 1.53. The first-order chi connectivity index (χ1) is 7.18. The third-order valence-corrected chi connectivity index (χ3v) is 2.34. The Morgan fingerprint density at radius 3 is 3.07 bits per heavy atom.